The molecule has 0 aliphatic rings. The molecule has 4 nitrogen and oxygen atoms in total. The van der Waals surface area contributed by atoms with Crippen molar-refractivity contribution in [2.45, 2.75) is 52.6 Å². The van der Waals surface area contributed by atoms with Crippen LogP contribution in [0.2, 0.25) is 0 Å². The van der Waals surface area contributed by atoms with Gasteiger partial charge in [-0.05, 0) is 44.9 Å². The summed E-state index contributed by atoms with van der Waals surface area (Å²) in [4.78, 5) is 4.54. The van der Waals surface area contributed by atoms with Crippen LogP contribution in [0.25, 0.3) is 21.8 Å². The highest BCUT2D eigenvalue weighted by Gasteiger charge is 2.18. The van der Waals surface area contributed by atoms with Crippen LogP contribution in [0.1, 0.15) is 45.3 Å². The minimum atomic E-state index is 0.329. The minimum absolute atomic E-state index is 0.329. The summed E-state index contributed by atoms with van der Waals surface area (Å²) in [5, 5.41) is 6.24. The number of aromatic nitrogens is 2. The average Bonchev–Trinajstić information content (AvgIpc) is 2.97. The lowest BCUT2D eigenvalue weighted by atomic mass is 10.1. The van der Waals surface area contributed by atoms with Crippen molar-refractivity contribution in [2.75, 3.05) is 13.7 Å². The maximum atomic E-state index is 5.47. The van der Waals surface area contributed by atoms with Crippen molar-refractivity contribution in [3.63, 3.8) is 0 Å². The first kappa shape index (κ1) is 17.7. The number of ether oxygens (including phenoxy) is 1. The molecule has 2 heterocycles. The second-order valence-electron chi connectivity index (χ2n) is 6.82. The van der Waals surface area contributed by atoms with E-state index in [9.17, 15) is 0 Å². The van der Waals surface area contributed by atoms with Crippen LogP contribution in [-0.2, 0) is 0 Å². The molecular formula is C21H29N3O. The van der Waals surface area contributed by atoms with E-state index in [-0.39, 0.29) is 0 Å². The molecule has 134 valence electrons. The number of nitrogens with one attached hydrogen (secondary N) is 1. The summed E-state index contributed by atoms with van der Waals surface area (Å²) in [6.07, 6.45) is 4.22. The summed E-state index contributed by atoms with van der Waals surface area (Å²) in [6, 6.07) is 9.36. The van der Waals surface area contributed by atoms with Gasteiger partial charge in [-0.2, -0.15) is 0 Å². The van der Waals surface area contributed by atoms with Crippen LogP contribution in [0, 0.1) is 6.92 Å². The Bertz CT molecular complexity index is 864. The van der Waals surface area contributed by atoms with E-state index in [0.717, 1.165) is 30.8 Å². The van der Waals surface area contributed by atoms with Crippen molar-refractivity contribution in [2.24, 2.45) is 0 Å². The molecule has 4 heteroatoms. The SMILES string of the molecule is CCC(CC)NCC(C)n1c2cc(OC)ccc2c2ccnc(C)c21. The normalized spacial score (nSPS) is 13.0. The molecule has 0 saturated heterocycles. The predicted molar refractivity (Wildman–Crippen MR) is 106 cm³/mol. The molecule has 0 spiro atoms. The highest BCUT2D eigenvalue weighted by Crippen LogP contribution is 2.34. The molecule has 0 saturated carbocycles. The highest BCUT2D eigenvalue weighted by atomic mass is 16.5. The first-order chi connectivity index (χ1) is 12.1. The molecule has 25 heavy (non-hydrogen) atoms. The molecule has 3 rings (SSSR count). The van der Waals surface area contributed by atoms with Gasteiger partial charge >= 0.3 is 0 Å². The van der Waals surface area contributed by atoms with Crippen LogP contribution >= 0.6 is 0 Å². The standard InChI is InChI=1S/C21H29N3O/c1-6-16(7-2)23-13-14(3)24-20-12-17(25-5)8-9-18(20)19-10-11-22-15(4)21(19)24/h8-12,14,16,23H,6-7,13H2,1-5H3. The van der Waals surface area contributed by atoms with Gasteiger partial charge in [0.1, 0.15) is 5.75 Å². The number of nitrogens with zero attached hydrogens (tertiary/aromatic N) is 2. The summed E-state index contributed by atoms with van der Waals surface area (Å²) >= 11 is 0. The fourth-order valence-corrected chi connectivity index (χ4v) is 3.73. The molecule has 1 aromatic carbocycles. The average molecular weight is 339 g/mol. The largest absolute Gasteiger partial charge is 0.497 e. The van der Waals surface area contributed by atoms with Crippen LogP contribution < -0.4 is 10.1 Å². The van der Waals surface area contributed by atoms with Crippen LogP contribution in [0.5, 0.6) is 5.75 Å². The van der Waals surface area contributed by atoms with Gasteiger partial charge in [0, 0.05) is 41.7 Å². The number of methoxy groups -OCH3 is 1. The smallest absolute Gasteiger partial charge is 0.120 e. The molecular weight excluding hydrogens is 310 g/mol. The van der Waals surface area contributed by atoms with E-state index in [1.807, 2.05) is 12.3 Å². The van der Waals surface area contributed by atoms with E-state index in [0.29, 0.717) is 12.1 Å². The summed E-state index contributed by atoms with van der Waals surface area (Å²) in [7, 11) is 1.72. The van der Waals surface area contributed by atoms with Crippen LogP contribution in [0.3, 0.4) is 0 Å². The summed E-state index contributed by atoms with van der Waals surface area (Å²) in [5.41, 5.74) is 3.51. The number of hydrogen-bond acceptors (Lipinski definition) is 3. The van der Waals surface area contributed by atoms with Gasteiger partial charge in [0.15, 0.2) is 0 Å². The molecule has 0 fully saturated rings. The lowest BCUT2D eigenvalue weighted by molar-refractivity contribution is 0.414. The van der Waals surface area contributed by atoms with E-state index in [4.69, 9.17) is 4.74 Å². The zero-order chi connectivity index (χ0) is 18.0. The fraction of sp³-hybridized carbons (Fsp3) is 0.476. The van der Waals surface area contributed by atoms with Crippen molar-refractivity contribution in [1.29, 1.82) is 0 Å². The van der Waals surface area contributed by atoms with Gasteiger partial charge in [0.25, 0.3) is 0 Å². The molecule has 0 amide bonds. The topological polar surface area (TPSA) is 39.1 Å². The zero-order valence-corrected chi connectivity index (χ0v) is 16.0. The van der Waals surface area contributed by atoms with Crippen molar-refractivity contribution in [1.82, 2.24) is 14.9 Å². The van der Waals surface area contributed by atoms with Crippen molar-refractivity contribution >= 4 is 21.8 Å². The maximum Gasteiger partial charge on any atom is 0.120 e. The summed E-state index contributed by atoms with van der Waals surface area (Å²) in [6.45, 7) is 9.80. The molecule has 1 N–H and O–H groups in total. The van der Waals surface area contributed by atoms with Gasteiger partial charge in [-0.25, -0.2) is 0 Å². The monoisotopic (exact) mass is 339 g/mol. The van der Waals surface area contributed by atoms with E-state index in [1.54, 1.807) is 7.11 Å². The Morgan fingerprint density at radius 2 is 1.92 bits per heavy atom. The third-order valence-electron chi connectivity index (χ3n) is 5.23. The van der Waals surface area contributed by atoms with Gasteiger partial charge < -0.3 is 14.6 Å². The number of pyridine rings is 1. The second kappa shape index (κ2) is 7.44. The lowest BCUT2D eigenvalue weighted by Crippen LogP contribution is -2.32. The molecule has 2 aromatic heterocycles. The highest BCUT2D eigenvalue weighted by molar-refractivity contribution is 6.09. The third kappa shape index (κ3) is 3.23. The molecule has 3 aromatic rings. The number of aryl methyl sites for hydroxylation is 1. The molecule has 0 bridgehead atoms. The molecule has 0 aliphatic carbocycles. The lowest BCUT2D eigenvalue weighted by Gasteiger charge is -2.22. The Morgan fingerprint density at radius 1 is 1.16 bits per heavy atom. The Hall–Kier alpha value is -2.07. The van der Waals surface area contributed by atoms with Crippen molar-refractivity contribution in [3.8, 4) is 5.75 Å². The number of benzene rings is 1. The van der Waals surface area contributed by atoms with Gasteiger partial charge in [-0.15, -0.1) is 0 Å². The summed E-state index contributed by atoms with van der Waals surface area (Å²) < 4.78 is 7.89. The van der Waals surface area contributed by atoms with E-state index < -0.39 is 0 Å². The van der Waals surface area contributed by atoms with Gasteiger partial charge in [0.2, 0.25) is 0 Å². The Balaban J connectivity index is 2.13. The van der Waals surface area contributed by atoms with Gasteiger partial charge in [-0.3, -0.25) is 4.98 Å². The number of hydrogen-bond donors (Lipinski definition) is 1. The molecule has 1 atom stereocenters. The van der Waals surface area contributed by atoms with Crippen LogP contribution in [0.4, 0.5) is 0 Å². The van der Waals surface area contributed by atoms with Crippen LogP contribution in [0.15, 0.2) is 30.5 Å². The van der Waals surface area contributed by atoms with Crippen molar-refractivity contribution in [3.05, 3.63) is 36.2 Å². The van der Waals surface area contributed by atoms with E-state index in [2.05, 4.69) is 60.8 Å². The molecule has 1 unspecified atom stereocenters. The maximum absolute atomic E-state index is 5.47. The second-order valence-corrected chi connectivity index (χ2v) is 6.82. The van der Waals surface area contributed by atoms with Gasteiger partial charge in [0.05, 0.1) is 23.8 Å². The number of rotatable bonds is 7. The molecule has 0 aliphatic heterocycles. The quantitative estimate of drug-likeness (QED) is 0.669. The third-order valence-corrected chi connectivity index (χ3v) is 5.23. The first-order valence-corrected chi connectivity index (χ1v) is 9.27. The van der Waals surface area contributed by atoms with Crippen LogP contribution in [-0.4, -0.2) is 29.2 Å². The van der Waals surface area contributed by atoms with Gasteiger partial charge in [-0.1, -0.05) is 13.8 Å². The Labute approximate surface area is 150 Å². The van der Waals surface area contributed by atoms with Crippen molar-refractivity contribution < 1.29 is 4.74 Å². The number of fused-ring (bicyclic) bond motifs is 3. The summed E-state index contributed by atoms with van der Waals surface area (Å²) in [5.74, 6) is 0.891. The molecule has 0 radical (unpaired) electrons. The first-order valence-electron chi connectivity index (χ1n) is 9.27. The Morgan fingerprint density at radius 3 is 2.60 bits per heavy atom. The predicted octanol–water partition coefficient (Wildman–Crippen LogP) is 4.85. The Kier molecular flexibility index (Phi) is 5.28. The van der Waals surface area contributed by atoms with E-state index >= 15 is 0 Å². The van der Waals surface area contributed by atoms with E-state index in [1.165, 1.54) is 21.8 Å². The zero-order valence-electron chi connectivity index (χ0n) is 16.0. The fourth-order valence-electron chi connectivity index (χ4n) is 3.73. The minimum Gasteiger partial charge on any atom is -0.497 e.